The number of carbonyl (C=O) groups is 1. The number of carboxylic acid groups (broad SMARTS) is 1. The highest BCUT2D eigenvalue weighted by Crippen LogP contribution is 2.10. The standard InChI is InChI=1S/C15H20O5S/c1-15(19,20)11-9-7-5-3-2-4-6-8-10-12-21-14(18)13(16)17/h2-4,6,9,11,14,18-20H,8,10,12H2,1H3,(H,16,17)/b3-2+,6-4+,11-9+. The molecule has 6 heteroatoms. The second kappa shape index (κ2) is 11.2. The van der Waals surface area contributed by atoms with Gasteiger partial charge in [0.25, 0.3) is 0 Å². The van der Waals surface area contributed by atoms with Crippen LogP contribution in [0, 0.1) is 11.8 Å². The van der Waals surface area contributed by atoms with Gasteiger partial charge in [-0.25, -0.2) is 4.79 Å². The van der Waals surface area contributed by atoms with Gasteiger partial charge in [0.1, 0.15) is 0 Å². The van der Waals surface area contributed by atoms with Gasteiger partial charge in [0.2, 0.25) is 0 Å². The van der Waals surface area contributed by atoms with Gasteiger partial charge in [0.05, 0.1) is 0 Å². The van der Waals surface area contributed by atoms with E-state index < -0.39 is 17.2 Å². The van der Waals surface area contributed by atoms with Crippen LogP contribution in [-0.2, 0) is 4.79 Å². The van der Waals surface area contributed by atoms with E-state index in [9.17, 15) is 4.79 Å². The Morgan fingerprint density at radius 3 is 2.57 bits per heavy atom. The number of rotatable bonds is 8. The van der Waals surface area contributed by atoms with Gasteiger partial charge in [-0.05, 0) is 43.7 Å². The van der Waals surface area contributed by atoms with Crippen LogP contribution in [-0.4, -0.2) is 43.4 Å². The van der Waals surface area contributed by atoms with Crippen LogP contribution in [0.15, 0.2) is 36.5 Å². The molecule has 0 aromatic carbocycles. The third-order valence-electron chi connectivity index (χ3n) is 1.99. The summed E-state index contributed by atoms with van der Waals surface area (Å²) in [5.41, 5.74) is -1.35. The normalized spacial score (nSPS) is 13.7. The van der Waals surface area contributed by atoms with Crippen molar-refractivity contribution in [3.05, 3.63) is 36.5 Å². The van der Waals surface area contributed by atoms with Crippen molar-refractivity contribution in [3.63, 3.8) is 0 Å². The quantitative estimate of drug-likeness (QED) is 0.233. The van der Waals surface area contributed by atoms with E-state index >= 15 is 0 Å². The monoisotopic (exact) mass is 312 g/mol. The maximum Gasteiger partial charge on any atom is 0.343 e. The molecule has 0 bridgehead atoms. The van der Waals surface area contributed by atoms with Gasteiger partial charge in [-0.2, -0.15) is 0 Å². The average Bonchev–Trinajstić information content (AvgIpc) is 2.38. The topological polar surface area (TPSA) is 98.0 Å². The zero-order valence-corrected chi connectivity index (χ0v) is 12.6. The SMILES string of the molecule is CC(O)(O)/C=C/C#C/C=C/C=C/CCCSC(O)C(=O)O. The first-order valence-electron chi connectivity index (χ1n) is 6.30. The number of aliphatic hydroxyl groups is 3. The van der Waals surface area contributed by atoms with Gasteiger partial charge in [-0.3, -0.25) is 0 Å². The van der Waals surface area contributed by atoms with Crippen LogP contribution in [0.25, 0.3) is 0 Å². The van der Waals surface area contributed by atoms with Crippen LogP contribution >= 0.6 is 11.8 Å². The lowest BCUT2D eigenvalue weighted by molar-refractivity contribution is -0.141. The second-order valence-corrected chi connectivity index (χ2v) is 5.40. The van der Waals surface area contributed by atoms with Crippen LogP contribution in [0.4, 0.5) is 0 Å². The van der Waals surface area contributed by atoms with Crippen molar-refractivity contribution in [2.75, 3.05) is 5.75 Å². The second-order valence-electron chi connectivity index (χ2n) is 4.21. The highest BCUT2D eigenvalue weighted by Gasteiger charge is 2.11. The molecule has 21 heavy (non-hydrogen) atoms. The minimum Gasteiger partial charge on any atom is -0.479 e. The predicted octanol–water partition coefficient (Wildman–Crippen LogP) is 1.28. The predicted molar refractivity (Wildman–Crippen MR) is 83.4 cm³/mol. The smallest absolute Gasteiger partial charge is 0.343 e. The number of carboxylic acids is 1. The minimum absolute atomic E-state index is 0.577. The number of thioether (sulfide) groups is 1. The zero-order valence-electron chi connectivity index (χ0n) is 11.8. The van der Waals surface area contributed by atoms with E-state index in [1.54, 1.807) is 12.2 Å². The van der Waals surface area contributed by atoms with Crippen molar-refractivity contribution >= 4 is 17.7 Å². The number of allylic oxidation sites excluding steroid dienone is 5. The maximum atomic E-state index is 10.3. The molecule has 0 aliphatic carbocycles. The molecular formula is C15H20O5S. The van der Waals surface area contributed by atoms with Gasteiger partial charge < -0.3 is 20.4 Å². The van der Waals surface area contributed by atoms with Crippen molar-refractivity contribution in [1.29, 1.82) is 0 Å². The molecule has 0 radical (unpaired) electrons. The van der Waals surface area contributed by atoms with Crippen molar-refractivity contribution in [1.82, 2.24) is 0 Å². The van der Waals surface area contributed by atoms with Crippen molar-refractivity contribution in [2.45, 2.75) is 31.0 Å². The summed E-state index contributed by atoms with van der Waals surface area (Å²) in [6, 6.07) is 0. The Hall–Kier alpha value is -1.52. The van der Waals surface area contributed by atoms with Gasteiger partial charge in [0, 0.05) is 0 Å². The molecule has 1 unspecified atom stereocenters. The summed E-state index contributed by atoms with van der Waals surface area (Å²) in [7, 11) is 0. The molecule has 5 nitrogen and oxygen atoms in total. The number of aliphatic carboxylic acids is 1. The van der Waals surface area contributed by atoms with E-state index in [0.29, 0.717) is 5.75 Å². The molecule has 0 aromatic rings. The first-order chi connectivity index (χ1) is 9.83. The zero-order chi connectivity index (χ0) is 16.1. The molecule has 4 N–H and O–H groups in total. The average molecular weight is 312 g/mol. The molecule has 0 aliphatic heterocycles. The molecule has 0 aromatic heterocycles. The van der Waals surface area contributed by atoms with Gasteiger partial charge in [0.15, 0.2) is 11.2 Å². The Morgan fingerprint density at radius 1 is 1.29 bits per heavy atom. The van der Waals surface area contributed by atoms with E-state index in [1.807, 2.05) is 12.2 Å². The third kappa shape index (κ3) is 14.7. The lowest BCUT2D eigenvalue weighted by Crippen LogP contribution is -2.18. The van der Waals surface area contributed by atoms with E-state index in [2.05, 4.69) is 11.8 Å². The Balaban J connectivity index is 3.74. The van der Waals surface area contributed by atoms with E-state index in [-0.39, 0.29) is 0 Å². The number of aliphatic hydroxyl groups excluding tert-OH is 1. The van der Waals surface area contributed by atoms with Gasteiger partial charge in [-0.1, -0.05) is 30.1 Å². The summed E-state index contributed by atoms with van der Waals surface area (Å²) >= 11 is 0.997. The lowest BCUT2D eigenvalue weighted by Gasteiger charge is -2.06. The number of hydrogen-bond donors (Lipinski definition) is 4. The molecule has 0 heterocycles. The van der Waals surface area contributed by atoms with Crippen molar-refractivity contribution in [3.8, 4) is 11.8 Å². The molecule has 0 spiro atoms. The molecule has 0 rings (SSSR count). The lowest BCUT2D eigenvalue weighted by atomic mass is 10.3. The van der Waals surface area contributed by atoms with Crippen molar-refractivity contribution in [2.24, 2.45) is 0 Å². The van der Waals surface area contributed by atoms with Crippen LogP contribution in [0.5, 0.6) is 0 Å². The van der Waals surface area contributed by atoms with E-state index in [4.69, 9.17) is 20.4 Å². The number of hydrogen-bond acceptors (Lipinski definition) is 5. The Labute approximate surface area is 128 Å². The highest BCUT2D eigenvalue weighted by atomic mass is 32.2. The first kappa shape index (κ1) is 19.5. The number of unbranched alkanes of at least 4 members (excludes halogenated alkanes) is 1. The molecular weight excluding hydrogens is 292 g/mol. The fourth-order valence-corrected chi connectivity index (χ4v) is 1.74. The maximum absolute atomic E-state index is 10.3. The summed E-state index contributed by atoms with van der Waals surface area (Å²) in [6.07, 6.45) is 11.2. The Bertz CT molecular complexity index is 449. The molecule has 0 amide bonds. The first-order valence-corrected chi connectivity index (χ1v) is 7.35. The van der Waals surface area contributed by atoms with Crippen LogP contribution in [0.2, 0.25) is 0 Å². The van der Waals surface area contributed by atoms with Crippen LogP contribution in [0.3, 0.4) is 0 Å². The summed E-state index contributed by atoms with van der Waals surface area (Å²) in [5, 5.41) is 35.3. The summed E-state index contributed by atoms with van der Waals surface area (Å²) in [5.74, 6) is 2.83. The summed E-state index contributed by atoms with van der Waals surface area (Å²) in [6.45, 7) is 1.23. The molecule has 0 aliphatic rings. The largest absolute Gasteiger partial charge is 0.479 e. The van der Waals surface area contributed by atoms with Crippen LogP contribution in [0.1, 0.15) is 19.8 Å². The molecule has 0 saturated heterocycles. The molecule has 116 valence electrons. The fourth-order valence-electron chi connectivity index (χ4n) is 1.04. The Morgan fingerprint density at radius 2 is 1.95 bits per heavy atom. The minimum atomic E-state index is -1.84. The molecule has 0 fully saturated rings. The molecule has 0 saturated carbocycles. The Kier molecular flexibility index (Phi) is 10.4. The van der Waals surface area contributed by atoms with E-state index in [1.165, 1.54) is 19.1 Å². The summed E-state index contributed by atoms with van der Waals surface area (Å²) in [4.78, 5) is 10.3. The van der Waals surface area contributed by atoms with Gasteiger partial charge in [-0.15, -0.1) is 11.8 Å². The highest BCUT2D eigenvalue weighted by molar-refractivity contribution is 8.00. The van der Waals surface area contributed by atoms with Crippen LogP contribution < -0.4 is 0 Å². The third-order valence-corrected chi connectivity index (χ3v) is 3.04. The van der Waals surface area contributed by atoms with Crippen molar-refractivity contribution < 1.29 is 25.2 Å². The van der Waals surface area contributed by atoms with Gasteiger partial charge >= 0.3 is 5.97 Å². The fraction of sp³-hybridized carbons (Fsp3) is 0.400. The molecule has 1 atom stereocenters. The summed E-state index contributed by atoms with van der Waals surface area (Å²) < 4.78 is 0. The van der Waals surface area contributed by atoms with E-state index in [0.717, 1.165) is 24.6 Å².